The van der Waals surface area contributed by atoms with Crippen molar-refractivity contribution < 1.29 is 13.2 Å². The van der Waals surface area contributed by atoms with Gasteiger partial charge in [-0.25, -0.2) is 27.4 Å². The molecule has 0 unspecified atom stereocenters. The van der Waals surface area contributed by atoms with Gasteiger partial charge in [0.1, 0.15) is 5.66 Å². The van der Waals surface area contributed by atoms with Crippen molar-refractivity contribution in [3.05, 3.63) is 24.3 Å². The average Bonchev–Trinajstić information content (AvgIpc) is 2.68. The molecule has 21 heavy (non-hydrogen) atoms. The number of carbonyl (C=O) groups excluding carboxylic acids is 1. The predicted molar refractivity (Wildman–Crippen MR) is 80.9 cm³/mol. The molecule has 2 aliphatic rings. The number of aliphatic imine (C=N–C) groups is 1. The van der Waals surface area contributed by atoms with Crippen LogP contribution in [0, 0.1) is 0 Å². The summed E-state index contributed by atoms with van der Waals surface area (Å²) in [7, 11) is -1.94. The number of sulfonamides is 1. The van der Waals surface area contributed by atoms with E-state index in [2.05, 4.69) is 4.99 Å². The number of urea groups is 1. The van der Waals surface area contributed by atoms with Crippen LogP contribution in [0.4, 0.5) is 16.2 Å². The highest BCUT2D eigenvalue weighted by atomic mass is 32.2. The maximum Gasteiger partial charge on any atom is 0.333 e. The number of fused-ring (bicyclic) bond motifs is 3. The standard InChI is InChI=1S/C13H16N4O3S/c1-13(2)14-11-16(12(18)15(13)3)9-7-5-6-8-10(9)17(11)21(4,19)20/h5-8H,1-4H3. The molecular weight excluding hydrogens is 292 g/mol. The smallest absolute Gasteiger partial charge is 0.302 e. The Balaban J connectivity index is 2.32. The molecular formula is C13H16N4O3S. The molecule has 0 aromatic heterocycles. The molecule has 2 amide bonds. The molecule has 7 nitrogen and oxygen atoms in total. The third kappa shape index (κ3) is 1.82. The lowest BCUT2D eigenvalue weighted by atomic mass is 10.2. The van der Waals surface area contributed by atoms with Crippen molar-refractivity contribution in [3.8, 4) is 0 Å². The summed E-state index contributed by atoms with van der Waals surface area (Å²) in [6.45, 7) is 3.53. The van der Waals surface area contributed by atoms with E-state index in [-0.39, 0.29) is 12.0 Å². The Morgan fingerprint density at radius 2 is 1.71 bits per heavy atom. The SMILES string of the molecule is CN1C(=O)N2C(=NC1(C)C)N(S(C)(=O)=O)c1ccccc12. The largest absolute Gasteiger partial charge is 0.333 e. The fraction of sp³-hybridized carbons (Fsp3) is 0.385. The van der Waals surface area contributed by atoms with Gasteiger partial charge in [-0.15, -0.1) is 0 Å². The monoisotopic (exact) mass is 308 g/mol. The topological polar surface area (TPSA) is 73.3 Å². The molecule has 0 aliphatic carbocycles. The molecule has 0 saturated carbocycles. The van der Waals surface area contributed by atoms with E-state index in [0.29, 0.717) is 11.4 Å². The van der Waals surface area contributed by atoms with E-state index in [1.165, 1.54) is 9.80 Å². The van der Waals surface area contributed by atoms with Crippen LogP contribution in [0.5, 0.6) is 0 Å². The summed E-state index contributed by atoms with van der Waals surface area (Å²) in [5.74, 6) is 0.131. The Kier molecular flexibility index (Phi) is 2.62. The fourth-order valence-corrected chi connectivity index (χ4v) is 3.38. The number of nitrogens with zero attached hydrogens (tertiary/aromatic N) is 4. The van der Waals surface area contributed by atoms with Gasteiger partial charge in [0.25, 0.3) is 0 Å². The third-order valence-corrected chi connectivity index (χ3v) is 4.75. The lowest BCUT2D eigenvalue weighted by Gasteiger charge is -2.40. The number of amides is 2. The van der Waals surface area contributed by atoms with E-state index in [1.54, 1.807) is 45.2 Å². The summed E-state index contributed by atoms with van der Waals surface area (Å²) in [5, 5.41) is 0. The second kappa shape index (κ2) is 3.97. The second-order valence-corrected chi connectivity index (χ2v) is 7.43. The van der Waals surface area contributed by atoms with Gasteiger partial charge < -0.3 is 4.90 Å². The number of anilines is 2. The maximum absolute atomic E-state index is 12.6. The van der Waals surface area contributed by atoms with Crippen molar-refractivity contribution in [3.63, 3.8) is 0 Å². The highest BCUT2D eigenvalue weighted by molar-refractivity contribution is 7.93. The van der Waals surface area contributed by atoms with Crippen molar-refractivity contribution >= 4 is 33.4 Å². The van der Waals surface area contributed by atoms with Gasteiger partial charge in [-0.05, 0) is 26.0 Å². The molecule has 0 spiro atoms. The number of guanidine groups is 1. The Labute approximate surface area is 123 Å². The summed E-state index contributed by atoms with van der Waals surface area (Å²) >= 11 is 0. The first-order chi connectivity index (χ1) is 9.64. The van der Waals surface area contributed by atoms with Crippen LogP contribution in [-0.4, -0.2) is 44.3 Å². The highest BCUT2D eigenvalue weighted by Gasteiger charge is 2.48. The Morgan fingerprint density at radius 3 is 2.29 bits per heavy atom. The van der Waals surface area contributed by atoms with Crippen LogP contribution in [0.15, 0.2) is 29.3 Å². The molecule has 2 heterocycles. The number of rotatable bonds is 1. The lowest BCUT2D eigenvalue weighted by Crippen LogP contribution is -2.59. The number of hydrogen-bond acceptors (Lipinski definition) is 4. The van der Waals surface area contributed by atoms with Gasteiger partial charge >= 0.3 is 6.03 Å². The molecule has 1 aromatic rings. The summed E-state index contributed by atoms with van der Waals surface area (Å²) in [6.07, 6.45) is 1.10. The molecule has 0 saturated heterocycles. The van der Waals surface area contributed by atoms with E-state index in [9.17, 15) is 13.2 Å². The summed E-state index contributed by atoms with van der Waals surface area (Å²) in [5.41, 5.74) is 0.153. The van der Waals surface area contributed by atoms with E-state index < -0.39 is 15.7 Å². The molecule has 0 fully saturated rings. The molecule has 8 heteroatoms. The van der Waals surface area contributed by atoms with Gasteiger partial charge in [0.05, 0.1) is 17.6 Å². The molecule has 0 N–H and O–H groups in total. The van der Waals surface area contributed by atoms with Gasteiger partial charge in [-0.2, -0.15) is 0 Å². The summed E-state index contributed by atoms with van der Waals surface area (Å²) in [6, 6.07) is 6.56. The zero-order chi connectivity index (χ0) is 15.6. The molecule has 0 radical (unpaired) electrons. The Hall–Kier alpha value is -2.09. The van der Waals surface area contributed by atoms with Crippen molar-refractivity contribution in [2.45, 2.75) is 19.5 Å². The number of para-hydroxylation sites is 2. The van der Waals surface area contributed by atoms with Gasteiger partial charge in [0.15, 0.2) is 0 Å². The molecule has 0 atom stereocenters. The summed E-state index contributed by atoms with van der Waals surface area (Å²) in [4.78, 5) is 19.9. The molecule has 1 aromatic carbocycles. The minimum atomic E-state index is -3.59. The fourth-order valence-electron chi connectivity index (χ4n) is 2.45. The first kappa shape index (κ1) is 13.9. The minimum Gasteiger partial charge on any atom is -0.302 e. The first-order valence-electron chi connectivity index (χ1n) is 6.42. The predicted octanol–water partition coefficient (Wildman–Crippen LogP) is 1.43. The van der Waals surface area contributed by atoms with Crippen molar-refractivity contribution in [1.29, 1.82) is 0 Å². The van der Waals surface area contributed by atoms with Crippen LogP contribution >= 0.6 is 0 Å². The molecule has 112 valence electrons. The average molecular weight is 308 g/mol. The highest BCUT2D eigenvalue weighted by Crippen LogP contribution is 2.42. The minimum absolute atomic E-state index is 0.131. The van der Waals surface area contributed by atoms with E-state index >= 15 is 0 Å². The molecule has 3 rings (SSSR count). The lowest BCUT2D eigenvalue weighted by molar-refractivity contribution is 0.164. The van der Waals surface area contributed by atoms with E-state index in [0.717, 1.165) is 10.6 Å². The second-order valence-electron chi connectivity index (χ2n) is 5.60. The number of hydrogen-bond donors (Lipinski definition) is 0. The van der Waals surface area contributed by atoms with Gasteiger partial charge in [0, 0.05) is 7.05 Å². The molecule has 2 aliphatic heterocycles. The van der Waals surface area contributed by atoms with Gasteiger partial charge in [-0.1, -0.05) is 12.1 Å². The number of carbonyl (C=O) groups is 1. The van der Waals surface area contributed by atoms with Crippen LogP contribution in [0.2, 0.25) is 0 Å². The van der Waals surface area contributed by atoms with E-state index in [4.69, 9.17) is 0 Å². The first-order valence-corrected chi connectivity index (χ1v) is 8.26. The van der Waals surface area contributed by atoms with E-state index in [1.807, 2.05) is 0 Å². The normalized spacial score (nSPS) is 20.3. The van der Waals surface area contributed by atoms with Gasteiger partial charge in [-0.3, -0.25) is 0 Å². The van der Waals surface area contributed by atoms with Crippen molar-refractivity contribution in [2.75, 3.05) is 22.5 Å². The van der Waals surface area contributed by atoms with Gasteiger partial charge in [0.2, 0.25) is 16.0 Å². The quantitative estimate of drug-likeness (QED) is 0.788. The third-order valence-electron chi connectivity index (χ3n) is 3.73. The van der Waals surface area contributed by atoms with Crippen molar-refractivity contribution in [2.24, 2.45) is 4.99 Å². The van der Waals surface area contributed by atoms with Crippen molar-refractivity contribution in [1.82, 2.24) is 4.90 Å². The Morgan fingerprint density at radius 1 is 1.14 bits per heavy atom. The van der Waals surface area contributed by atoms with Crippen LogP contribution < -0.4 is 9.21 Å². The van der Waals surface area contributed by atoms with Crippen LogP contribution in [0.25, 0.3) is 0 Å². The maximum atomic E-state index is 12.6. The zero-order valence-corrected chi connectivity index (χ0v) is 13.0. The summed E-state index contributed by atoms with van der Waals surface area (Å²) < 4.78 is 25.4. The Bertz CT molecular complexity index is 769. The zero-order valence-electron chi connectivity index (χ0n) is 12.2. The number of benzene rings is 1. The van der Waals surface area contributed by atoms with Crippen LogP contribution in [0.3, 0.4) is 0 Å². The molecule has 0 bridgehead atoms. The van der Waals surface area contributed by atoms with Crippen LogP contribution in [-0.2, 0) is 10.0 Å². The van der Waals surface area contributed by atoms with Crippen LogP contribution in [0.1, 0.15) is 13.8 Å².